The number of carbonyl (C=O) groups is 1. The SMILES string of the molecule is NC(=NCCNC(=O)CC1CCCCC1)N1CCOCC1. The lowest BCUT2D eigenvalue weighted by Gasteiger charge is -2.27. The molecule has 0 bridgehead atoms. The molecule has 0 unspecified atom stereocenters. The number of hydrogen-bond donors (Lipinski definition) is 2. The van der Waals surface area contributed by atoms with Gasteiger partial charge in [-0.3, -0.25) is 9.79 Å². The van der Waals surface area contributed by atoms with Crippen molar-refractivity contribution in [3.05, 3.63) is 0 Å². The molecule has 1 amide bonds. The van der Waals surface area contributed by atoms with Gasteiger partial charge < -0.3 is 20.7 Å². The lowest BCUT2D eigenvalue weighted by atomic mass is 9.87. The van der Waals surface area contributed by atoms with Crippen molar-refractivity contribution in [1.82, 2.24) is 10.2 Å². The van der Waals surface area contributed by atoms with E-state index >= 15 is 0 Å². The Morgan fingerprint density at radius 3 is 2.67 bits per heavy atom. The highest BCUT2D eigenvalue weighted by atomic mass is 16.5. The average molecular weight is 296 g/mol. The smallest absolute Gasteiger partial charge is 0.220 e. The normalized spacial score (nSPS) is 21.3. The van der Waals surface area contributed by atoms with E-state index in [0.717, 1.165) is 13.1 Å². The first kappa shape index (κ1) is 16.1. The van der Waals surface area contributed by atoms with Crippen LogP contribution in [0.15, 0.2) is 4.99 Å². The van der Waals surface area contributed by atoms with Crippen LogP contribution < -0.4 is 11.1 Å². The predicted octanol–water partition coefficient (Wildman–Crippen LogP) is 0.720. The molecule has 1 saturated carbocycles. The maximum Gasteiger partial charge on any atom is 0.220 e. The van der Waals surface area contributed by atoms with Gasteiger partial charge in [0.2, 0.25) is 5.91 Å². The molecule has 6 nitrogen and oxygen atoms in total. The van der Waals surface area contributed by atoms with Crippen molar-refractivity contribution in [3.8, 4) is 0 Å². The van der Waals surface area contributed by atoms with Gasteiger partial charge in [-0.05, 0) is 18.8 Å². The molecule has 1 aliphatic carbocycles. The summed E-state index contributed by atoms with van der Waals surface area (Å²) in [6.07, 6.45) is 6.96. The van der Waals surface area contributed by atoms with Gasteiger partial charge in [-0.25, -0.2) is 0 Å². The van der Waals surface area contributed by atoms with E-state index < -0.39 is 0 Å². The van der Waals surface area contributed by atoms with Crippen LogP contribution in [0, 0.1) is 5.92 Å². The summed E-state index contributed by atoms with van der Waals surface area (Å²) in [4.78, 5) is 18.2. The lowest BCUT2D eigenvalue weighted by Crippen LogP contribution is -2.45. The predicted molar refractivity (Wildman–Crippen MR) is 83.1 cm³/mol. The van der Waals surface area contributed by atoms with E-state index in [1.807, 2.05) is 4.90 Å². The summed E-state index contributed by atoms with van der Waals surface area (Å²) in [5, 5.41) is 2.94. The van der Waals surface area contributed by atoms with Crippen LogP contribution in [-0.4, -0.2) is 56.2 Å². The Morgan fingerprint density at radius 2 is 1.95 bits per heavy atom. The van der Waals surface area contributed by atoms with Gasteiger partial charge in [-0.2, -0.15) is 0 Å². The molecule has 6 heteroatoms. The summed E-state index contributed by atoms with van der Waals surface area (Å²) in [6.45, 7) is 4.10. The number of nitrogens with two attached hydrogens (primary N) is 1. The van der Waals surface area contributed by atoms with Crippen LogP contribution in [0.1, 0.15) is 38.5 Å². The maximum atomic E-state index is 11.8. The third-order valence-corrected chi connectivity index (χ3v) is 4.24. The van der Waals surface area contributed by atoms with Crippen LogP contribution in [0.5, 0.6) is 0 Å². The summed E-state index contributed by atoms with van der Waals surface area (Å²) in [7, 11) is 0. The topological polar surface area (TPSA) is 79.9 Å². The van der Waals surface area contributed by atoms with Crippen molar-refractivity contribution in [3.63, 3.8) is 0 Å². The highest BCUT2D eigenvalue weighted by Crippen LogP contribution is 2.25. The number of morpholine rings is 1. The number of aliphatic imine (C=N–C) groups is 1. The second-order valence-electron chi connectivity index (χ2n) is 5.90. The third kappa shape index (κ3) is 5.91. The van der Waals surface area contributed by atoms with Crippen molar-refractivity contribution in [1.29, 1.82) is 0 Å². The molecule has 120 valence electrons. The quantitative estimate of drug-likeness (QED) is 0.445. The summed E-state index contributed by atoms with van der Waals surface area (Å²) in [5.74, 6) is 1.29. The first-order valence-electron chi connectivity index (χ1n) is 8.15. The van der Waals surface area contributed by atoms with E-state index in [2.05, 4.69) is 10.3 Å². The summed E-state index contributed by atoms with van der Waals surface area (Å²) < 4.78 is 5.27. The van der Waals surface area contributed by atoms with Gasteiger partial charge in [-0.1, -0.05) is 19.3 Å². The number of amides is 1. The second-order valence-corrected chi connectivity index (χ2v) is 5.90. The number of rotatable bonds is 5. The highest BCUT2D eigenvalue weighted by molar-refractivity contribution is 5.78. The van der Waals surface area contributed by atoms with Crippen LogP contribution in [0.4, 0.5) is 0 Å². The Balaban J connectivity index is 1.58. The fraction of sp³-hybridized carbons (Fsp3) is 0.867. The monoisotopic (exact) mass is 296 g/mol. The Kier molecular flexibility index (Phi) is 6.79. The van der Waals surface area contributed by atoms with E-state index in [1.165, 1.54) is 32.1 Å². The molecule has 2 aliphatic rings. The molecule has 0 spiro atoms. The molecule has 1 saturated heterocycles. The minimum atomic E-state index is 0.155. The van der Waals surface area contributed by atoms with Crippen molar-refractivity contribution < 1.29 is 9.53 Å². The molecule has 2 rings (SSSR count). The largest absolute Gasteiger partial charge is 0.378 e. The molecular formula is C15H28N4O2. The summed E-state index contributed by atoms with van der Waals surface area (Å²) in [6, 6.07) is 0. The first-order valence-corrected chi connectivity index (χ1v) is 8.15. The minimum absolute atomic E-state index is 0.155. The van der Waals surface area contributed by atoms with Crippen LogP contribution in [0.2, 0.25) is 0 Å². The van der Waals surface area contributed by atoms with Crippen LogP contribution in [0.25, 0.3) is 0 Å². The Labute approximate surface area is 127 Å². The van der Waals surface area contributed by atoms with Crippen molar-refractivity contribution >= 4 is 11.9 Å². The number of guanidine groups is 1. The van der Waals surface area contributed by atoms with Gasteiger partial charge in [0, 0.05) is 26.1 Å². The van der Waals surface area contributed by atoms with E-state index in [9.17, 15) is 4.79 Å². The maximum absolute atomic E-state index is 11.8. The molecule has 0 aromatic rings. The molecule has 21 heavy (non-hydrogen) atoms. The van der Waals surface area contributed by atoms with Crippen LogP contribution in [0.3, 0.4) is 0 Å². The number of nitrogens with one attached hydrogen (secondary N) is 1. The van der Waals surface area contributed by atoms with Gasteiger partial charge >= 0.3 is 0 Å². The molecule has 0 radical (unpaired) electrons. The summed E-state index contributed by atoms with van der Waals surface area (Å²) >= 11 is 0. The number of ether oxygens (including phenoxy) is 1. The summed E-state index contributed by atoms with van der Waals surface area (Å²) in [5.41, 5.74) is 5.92. The average Bonchev–Trinajstić information content (AvgIpc) is 2.53. The minimum Gasteiger partial charge on any atom is -0.378 e. The van der Waals surface area contributed by atoms with Gasteiger partial charge in [0.1, 0.15) is 0 Å². The van der Waals surface area contributed by atoms with E-state index in [0.29, 0.717) is 44.6 Å². The molecule has 0 aromatic heterocycles. The third-order valence-electron chi connectivity index (χ3n) is 4.24. The van der Waals surface area contributed by atoms with Crippen molar-refractivity contribution in [2.24, 2.45) is 16.6 Å². The van der Waals surface area contributed by atoms with Crippen LogP contribution >= 0.6 is 0 Å². The molecule has 0 atom stereocenters. The molecule has 0 aromatic carbocycles. The van der Waals surface area contributed by atoms with Gasteiger partial charge in [0.05, 0.1) is 19.8 Å². The molecule has 2 fully saturated rings. The van der Waals surface area contributed by atoms with Crippen molar-refractivity contribution in [2.75, 3.05) is 39.4 Å². The Bertz CT molecular complexity index is 348. The number of nitrogens with zero attached hydrogens (tertiary/aromatic N) is 2. The lowest BCUT2D eigenvalue weighted by molar-refractivity contribution is -0.122. The zero-order valence-corrected chi connectivity index (χ0v) is 12.9. The standard InChI is InChI=1S/C15H28N4O2/c16-15(19-8-10-21-11-9-19)18-7-6-17-14(20)12-13-4-2-1-3-5-13/h13H,1-12H2,(H2,16,18)(H,17,20). The van der Waals surface area contributed by atoms with Gasteiger partial charge in [-0.15, -0.1) is 0 Å². The number of carbonyl (C=O) groups excluding carboxylic acids is 1. The van der Waals surface area contributed by atoms with Crippen LogP contribution in [-0.2, 0) is 9.53 Å². The van der Waals surface area contributed by atoms with Crippen molar-refractivity contribution in [2.45, 2.75) is 38.5 Å². The van der Waals surface area contributed by atoms with E-state index in [1.54, 1.807) is 0 Å². The number of hydrogen-bond acceptors (Lipinski definition) is 3. The van der Waals surface area contributed by atoms with Gasteiger partial charge in [0.25, 0.3) is 0 Å². The fourth-order valence-corrected chi connectivity index (χ4v) is 2.98. The first-order chi connectivity index (χ1) is 10.3. The molecular weight excluding hydrogens is 268 g/mol. The molecule has 1 heterocycles. The molecule has 1 aliphatic heterocycles. The van der Waals surface area contributed by atoms with E-state index in [-0.39, 0.29) is 5.91 Å². The zero-order valence-electron chi connectivity index (χ0n) is 12.9. The fourth-order valence-electron chi connectivity index (χ4n) is 2.98. The Morgan fingerprint density at radius 1 is 1.24 bits per heavy atom. The zero-order chi connectivity index (χ0) is 14.9. The van der Waals surface area contributed by atoms with E-state index in [4.69, 9.17) is 10.5 Å². The van der Waals surface area contributed by atoms with Gasteiger partial charge in [0.15, 0.2) is 5.96 Å². The molecule has 3 N–H and O–H groups in total. The second kappa shape index (κ2) is 8.87. The highest BCUT2D eigenvalue weighted by Gasteiger charge is 2.16. The Hall–Kier alpha value is -1.30.